The van der Waals surface area contributed by atoms with Gasteiger partial charge in [0.2, 0.25) is 0 Å². The van der Waals surface area contributed by atoms with Crippen LogP contribution in [0.5, 0.6) is 0 Å². The fraction of sp³-hybridized carbons (Fsp3) is 1.00. The first-order chi connectivity index (χ1) is 3.72. The molecule has 8 heavy (non-hydrogen) atoms. The van der Waals surface area contributed by atoms with E-state index in [2.05, 4.69) is 27.2 Å². The minimum atomic E-state index is 0.336. The normalized spacial score (nSPS) is 10.1. The standard InChI is InChI=1S/C6H16BP/c1-5-7(6-2)8(3)4/h5-6H2,1-4H3. The van der Waals surface area contributed by atoms with Crippen LogP contribution in [-0.2, 0) is 0 Å². The molecule has 0 saturated carbocycles. The van der Waals surface area contributed by atoms with Crippen molar-refractivity contribution < 1.29 is 0 Å². The highest BCUT2D eigenvalue weighted by atomic mass is 31.1. The van der Waals surface area contributed by atoms with Gasteiger partial charge in [0, 0.05) is 0 Å². The van der Waals surface area contributed by atoms with Gasteiger partial charge in [0.1, 0.15) is 0 Å². The highest BCUT2D eigenvalue weighted by Gasteiger charge is 2.10. The third-order valence-electron chi connectivity index (χ3n) is 1.67. The molecule has 0 amide bonds. The van der Waals surface area contributed by atoms with Gasteiger partial charge in [-0.1, -0.05) is 39.8 Å². The smallest absolute Gasteiger partial charge is 0.146 e. The van der Waals surface area contributed by atoms with Crippen molar-refractivity contribution in [3.05, 3.63) is 0 Å². The Morgan fingerprint density at radius 3 is 1.50 bits per heavy atom. The number of hydrogen-bond acceptors (Lipinski definition) is 0. The minimum absolute atomic E-state index is 0.336. The molecular weight excluding hydrogens is 114 g/mol. The molecule has 0 aromatic carbocycles. The molecule has 0 aromatic heterocycles. The van der Waals surface area contributed by atoms with E-state index in [1.165, 1.54) is 12.6 Å². The maximum absolute atomic E-state index is 2.37. The molecule has 0 atom stereocenters. The Morgan fingerprint density at radius 1 is 1.12 bits per heavy atom. The maximum Gasteiger partial charge on any atom is 0.169 e. The zero-order chi connectivity index (χ0) is 6.57. The average molecular weight is 130 g/mol. The Bertz CT molecular complexity index is 50.5. The van der Waals surface area contributed by atoms with Crippen molar-refractivity contribution in [1.82, 2.24) is 0 Å². The van der Waals surface area contributed by atoms with Gasteiger partial charge in [-0.2, -0.15) is 0 Å². The van der Waals surface area contributed by atoms with Crippen LogP contribution >= 0.6 is 7.80 Å². The van der Waals surface area contributed by atoms with Crippen LogP contribution in [-0.4, -0.2) is 19.8 Å². The lowest BCUT2D eigenvalue weighted by Crippen LogP contribution is -2.04. The van der Waals surface area contributed by atoms with E-state index in [0.29, 0.717) is 7.80 Å². The summed E-state index contributed by atoms with van der Waals surface area (Å²) in [6.45, 7) is 9.31. The Balaban J connectivity index is 3.35. The summed E-state index contributed by atoms with van der Waals surface area (Å²) in [6, 6.07) is 0. The summed E-state index contributed by atoms with van der Waals surface area (Å²) in [5.41, 5.74) is 0. The van der Waals surface area contributed by atoms with E-state index in [4.69, 9.17) is 0 Å². The van der Waals surface area contributed by atoms with E-state index in [1.54, 1.807) is 0 Å². The maximum atomic E-state index is 2.37. The number of hydrogen-bond donors (Lipinski definition) is 0. The van der Waals surface area contributed by atoms with Crippen LogP contribution in [0.15, 0.2) is 0 Å². The fourth-order valence-electron chi connectivity index (χ4n) is 1.02. The molecule has 0 heterocycles. The molecule has 48 valence electrons. The van der Waals surface area contributed by atoms with Gasteiger partial charge in [0.15, 0.2) is 6.43 Å². The third-order valence-corrected chi connectivity index (χ3v) is 3.86. The van der Waals surface area contributed by atoms with Crippen LogP contribution in [0.3, 0.4) is 0 Å². The van der Waals surface area contributed by atoms with Gasteiger partial charge in [-0.15, -0.1) is 7.80 Å². The molecular formula is C6H16BP. The SMILES string of the molecule is CCB(CC)P(C)C. The molecule has 0 bridgehead atoms. The van der Waals surface area contributed by atoms with Gasteiger partial charge in [0.25, 0.3) is 0 Å². The molecule has 0 aromatic rings. The second-order valence-electron chi connectivity index (χ2n) is 2.43. The first-order valence-corrected chi connectivity index (χ1v) is 5.69. The second kappa shape index (κ2) is 4.38. The van der Waals surface area contributed by atoms with Gasteiger partial charge >= 0.3 is 0 Å². The summed E-state index contributed by atoms with van der Waals surface area (Å²) in [7, 11) is 0.336. The van der Waals surface area contributed by atoms with Crippen molar-refractivity contribution in [1.29, 1.82) is 0 Å². The lowest BCUT2D eigenvalue weighted by atomic mass is 9.70. The van der Waals surface area contributed by atoms with E-state index in [9.17, 15) is 0 Å². The Labute approximate surface area is 54.8 Å². The van der Waals surface area contributed by atoms with E-state index in [0.717, 1.165) is 6.43 Å². The zero-order valence-electron chi connectivity index (χ0n) is 6.44. The van der Waals surface area contributed by atoms with Crippen molar-refractivity contribution >= 4 is 14.2 Å². The highest BCUT2D eigenvalue weighted by Crippen LogP contribution is 2.33. The van der Waals surface area contributed by atoms with E-state index in [-0.39, 0.29) is 0 Å². The number of rotatable bonds is 3. The quantitative estimate of drug-likeness (QED) is 0.407. The Kier molecular flexibility index (Phi) is 4.65. The summed E-state index contributed by atoms with van der Waals surface area (Å²) in [6.07, 6.45) is 3.76. The summed E-state index contributed by atoms with van der Waals surface area (Å²) in [5.74, 6) is 0. The highest BCUT2D eigenvalue weighted by molar-refractivity contribution is 7.89. The molecule has 0 nitrogen and oxygen atoms in total. The predicted molar refractivity (Wildman–Crippen MR) is 45.5 cm³/mol. The minimum Gasteiger partial charge on any atom is -0.146 e. The van der Waals surface area contributed by atoms with Gasteiger partial charge in [-0.25, -0.2) is 0 Å². The Morgan fingerprint density at radius 2 is 1.50 bits per heavy atom. The van der Waals surface area contributed by atoms with Crippen molar-refractivity contribution in [2.45, 2.75) is 26.5 Å². The average Bonchev–Trinajstić information content (AvgIpc) is 1.69. The molecule has 0 rings (SSSR count). The van der Waals surface area contributed by atoms with Crippen LogP contribution in [0.1, 0.15) is 13.8 Å². The summed E-state index contributed by atoms with van der Waals surface area (Å²) < 4.78 is 0. The molecule has 0 spiro atoms. The molecule has 0 fully saturated rings. The first-order valence-electron chi connectivity index (χ1n) is 3.38. The van der Waals surface area contributed by atoms with Gasteiger partial charge < -0.3 is 0 Å². The van der Waals surface area contributed by atoms with Crippen molar-refractivity contribution in [3.63, 3.8) is 0 Å². The van der Waals surface area contributed by atoms with E-state index in [1.807, 2.05) is 0 Å². The third kappa shape index (κ3) is 2.72. The fourth-order valence-corrected chi connectivity index (χ4v) is 2.48. The van der Waals surface area contributed by atoms with Crippen LogP contribution < -0.4 is 0 Å². The largest absolute Gasteiger partial charge is 0.169 e. The molecule has 0 radical (unpaired) electrons. The molecule has 2 heteroatoms. The predicted octanol–water partition coefficient (Wildman–Crippen LogP) is 2.76. The summed E-state index contributed by atoms with van der Waals surface area (Å²) in [4.78, 5) is 0. The zero-order valence-corrected chi connectivity index (χ0v) is 7.33. The molecule has 0 aliphatic carbocycles. The van der Waals surface area contributed by atoms with E-state index >= 15 is 0 Å². The second-order valence-corrected chi connectivity index (χ2v) is 5.09. The van der Waals surface area contributed by atoms with Crippen LogP contribution in [0, 0.1) is 0 Å². The van der Waals surface area contributed by atoms with Crippen molar-refractivity contribution in [2.75, 3.05) is 13.3 Å². The molecule has 0 aliphatic heterocycles. The summed E-state index contributed by atoms with van der Waals surface area (Å²) >= 11 is 0. The molecule has 0 aliphatic rings. The van der Waals surface area contributed by atoms with Gasteiger partial charge in [0.05, 0.1) is 0 Å². The monoisotopic (exact) mass is 130 g/mol. The van der Waals surface area contributed by atoms with Crippen LogP contribution in [0.25, 0.3) is 0 Å². The van der Waals surface area contributed by atoms with Crippen LogP contribution in [0.2, 0.25) is 12.6 Å². The van der Waals surface area contributed by atoms with Gasteiger partial charge in [-0.3, -0.25) is 0 Å². The summed E-state index contributed by atoms with van der Waals surface area (Å²) in [5, 5.41) is 0. The van der Waals surface area contributed by atoms with E-state index < -0.39 is 0 Å². The van der Waals surface area contributed by atoms with Crippen LogP contribution in [0.4, 0.5) is 0 Å². The molecule has 0 unspecified atom stereocenters. The van der Waals surface area contributed by atoms with Crippen molar-refractivity contribution in [3.8, 4) is 0 Å². The topological polar surface area (TPSA) is 0 Å². The van der Waals surface area contributed by atoms with Crippen molar-refractivity contribution in [2.24, 2.45) is 0 Å². The van der Waals surface area contributed by atoms with Gasteiger partial charge in [-0.05, 0) is 0 Å². The lowest BCUT2D eigenvalue weighted by molar-refractivity contribution is 1.35. The first kappa shape index (κ1) is 8.49. The lowest BCUT2D eigenvalue weighted by Gasteiger charge is -2.12. The molecule has 0 saturated heterocycles. The Hall–Kier alpha value is 0.495. The molecule has 0 N–H and O–H groups in total.